The van der Waals surface area contributed by atoms with Gasteiger partial charge in [0.1, 0.15) is 11.5 Å². The highest BCUT2D eigenvalue weighted by atomic mass is 16.3. The molecule has 1 aromatic carbocycles. The third-order valence-corrected chi connectivity index (χ3v) is 4.11. The molecule has 1 atom stereocenters. The number of aryl methyl sites for hydroxylation is 2. The zero-order chi connectivity index (χ0) is 15.0. The summed E-state index contributed by atoms with van der Waals surface area (Å²) < 4.78 is 5.50. The number of hydrogen-bond donors (Lipinski definition) is 1. The number of nitrogens with one attached hydrogen (secondary N) is 1. The first kappa shape index (κ1) is 13.9. The summed E-state index contributed by atoms with van der Waals surface area (Å²) >= 11 is 0. The van der Waals surface area contributed by atoms with Gasteiger partial charge in [-0.1, -0.05) is 18.2 Å². The maximum absolute atomic E-state index is 12.8. The summed E-state index contributed by atoms with van der Waals surface area (Å²) in [7, 11) is 1.96. The van der Waals surface area contributed by atoms with Crippen molar-refractivity contribution in [2.24, 2.45) is 0 Å². The standard InChI is InChI=1S/C17H20N2O2/c1-11-10-14(12(2)21-11)17(20)19-9-8-15(18-3)13-6-4-5-7-16(13)19/h4-7,10,15,18H,8-9H2,1-3H3. The molecule has 1 aromatic heterocycles. The summed E-state index contributed by atoms with van der Waals surface area (Å²) in [5, 5.41) is 3.32. The maximum atomic E-state index is 12.8. The van der Waals surface area contributed by atoms with E-state index in [0.29, 0.717) is 23.9 Å². The Bertz CT molecular complexity index is 675. The molecule has 0 bridgehead atoms. The smallest absolute Gasteiger partial charge is 0.261 e. The van der Waals surface area contributed by atoms with Crippen molar-refractivity contribution in [1.82, 2.24) is 5.32 Å². The molecule has 1 aliphatic rings. The van der Waals surface area contributed by atoms with Crippen molar-refractivity contribution in [2.75, 3.05) is 18.5 Å². The molecular weight excluding hydrogens is 264 g/mol. The molecule has 0 radical (unpaired) electrons. The Morgan fingerprint density at radius 1 is 1.33 bits per heavy atom. The van der Waals surface area contributed by atoms with Gasteiger partial charge in [0.15, 0.2) is 0 Å². The molecule has 0 saturated carbocycles. The molecule has 21 heavy (non-hydrogen) atoms. The summed E-state index contributed by atoms with van der Waals surface area (Å²) in [5.41, 5.74) is 2.83. The Kier molecular flexibility index (Phi) is 3.55. The van der Waals surface area contributed by atoms with Gasteiger partial charge in [-0.25, -0.2) is 0 Å². The average molecular weight is 284 g/mol. The van der Waals surface area contributed by atoms with E-state index in [2.05, 4.69) is 11.4 Å². The van der Waals surface area contributed by atoms with Gasteiger partial charge in [0.2, 0.25) is 0 Å². The molecule has 1 unspecified atom stereocenters. The quantitative estimate of drug-likeness (QED) is 0.921. The molecule has 4 heteroatoms. The van der Waals surface area contributed by atoms with Crippen LogP contribution < -0.4 is 10.2 Å². The predicted molar refractivity (Wildman–Crippen MR) is 82.7 cm³/mol. The zero-order valence-electron chi connectivity index (χ0n) is 12.6. The topological polar surface area (TPSA) is 45.5 Å². The van der Waals surface area contributed by atoms with Crippen molar-refractivity contribution in [2.45, 2.75) is 26.3 Å². The molecule has 4 nitrogen and oxygen atoms in total. The van der Waals surface area contributed by atoms with E-state index in [1.165, 1.54) is 5.56 Å². The molecule has 2 heterocycles. The number of carbonyl (C=O) groups is 1. The highest BCUT2D eigenvalue weighted by Crippen LogP contribution is 2.34. The third-order valence-electron chi connectivity index (χ3n) is 4.11. The van der Waals surface area contributed by atoms with Crippen molar-refractivity contribution < 1.29 is 9.21 Å². The Labute approximate surface area is 124 Å². The number of nitrogens with zero attached hydrogens (tertiary/aromatic N) is 1. The van der Waals surface area contributed by atoms with Crippen molar-refractivity contribution in [3.05, 3.63) is 53.0 Å². The van der Waals surface area contributed by atoms with E-state index in [9.17, 15) is 4.79 Å². The van der Waals surface area contributed by atoms with Crippen LogP contribution in [0.4, 0.5) is 5.69 Å². The molecule has 110 valence electrons. The van der Waals surface area contributed by atoms with E-state index in [1.807, 2.05) is 50.1 Å². The third kappa shape index (κ3) is 2.36. The lowest BCUT2D eigenvalue weighted by atomic mass is 9.96. The number of hydrogen-bond acceptors (Lipinski definition) is 3. The zero-order valence-corrected chi connectivity index (χ0v) is 12.6. The first-order valence-corrected chi connectivity index (χ1v) is 7.27. The first-order valence-electron chi connectivity index (χ1n) is 7.27. The van der Waals surface area contributed by atoms with Crippen molar-refractivity contribution >= 4 is 11.6 Å². The fourth-order valence-electron chi connectivity index (χ4n) is 3.06. The van der Waals surface area contributed by atoms with Crippen molar-refractivity contribution in [3.63, 3.8) is 0 Å². The fourth-order valence-corrected chi connectivity index (χ4v) is 3.06. The molecule has 1 aliphatic heterocycles. The maximum Gasteiger partial charge on any atom is 0.261 e. The predicted octanol–water partition coefficient (Wildman–Crippen LogP) is 3.21. The van der Waals surface area contributed by atoms with E-state index >= 15 is 0 Å². The molecule has 0 spiro atoms. The Balaban J connectivity index is 2.00. The van der Waals surface area contributed by atoms with E-state index in [1.54, 1.807) is 0 Å². The van der Waals surface area contributed by atoms with Gasteiger partial charge in [-0.05, 0) is 45.0 Å². The molecule has 0 saturated heterocycles. The van der Waals surface area contributed by atoms with Gasteiger partial charge in [0.05, 0.1) is 5.56 Å². The number of amides is 1. The van der Waals surface area contributed by atoms with Crippen LogP contribution in [0, 0.1) is 13.8 Å². The fraction of sp³-hybridized carbons (Fsp3) is 0.353. The number of benzene rings is 1. The summed E-state index contributed by atoms with van der Waals surface area (Å²) in [4.78, 5) is 14.7. The van der Waals surface area contributed by atoms with Gasteiger partial charge in [0.25, 0.3) is 5.91 Å². The molecule has 1 N–H and O–H groups in total. The average Bonchev–Trinajstić information content (AvgIpc) is 2.84. The number of furan rings is 1. The molecular formula is C17H20N2O2. The van der Waals surface area contributed by atoms with Gasteiger partial charge in [-0.2, -0.15) is 0 Å². The van der Waals surface area contributed by atoms with E-state index in [4.69, 9.17) is 4.42 Å². The second-order valence-corrected chi connectivity index (χ2v) is 5.47. The minimum atomic E-state index is 0.0198. The van der Waals surface area contributed by atoms with Crippen LogP contribution in [0.3, 0.4) is 0 Å². The number of para-hydroxylation sites is 1. The van der Waals surface area contributed by atoms with Gasteiger partial charge in [-0.3, -0.25) is 4.79 Å². The molecule has 1 amide bonds. The summed E-state index contributed by atoms with van der Waals surface area (Å²) in [6.45, 7) is 4.42. The molecule has 3 rings (SSSR count). The van der Waals surface area contributed by atoms with Crippen molar-refractivity contribution in [1.29, 1.82) is 0 Å². The van der Waals surface area contributed by atoms with Gasteiger partial charge in [0, 0.05) is 18.3 Å². The highest BCUT2D eigenvalue weighted by Gasteiger charge is 2.29. The van der Waals surface area contributed by atoms with E-state index in [0.717, 1.165) is 17.9 Å². The minimum absolute atomic E-state index is 0.0198. The van der Waals surface area contributed by atoms with Gasteiger partial charge >= 0.3 is 0 Å². The molecule has 0 fully saturated rings. The van der Waals surface area contributed by atoms with Crippen LogP contribution in [0.15, 0.2) is 34.7 Å². The van der Waals surface area contributed by atoms with Gasteiger partial charge in [-0.15, -0.1) is 0 Å². The highest BCUT2D eigenvalue weighted by molar-refractivity contribution is 6.07. The number of rotatable bonds is 2. The van der Waals surface area contributed by atoms with Crippen LogP contribution in [-0.2, 0) is 0 Å². The lowest BCUT2D eigenvalue weighted by Crippen LogP contribution is -2.39. The number of carbonyl (C=O) groups excluding carboxylic acids is 1. The normalized spacial score (nSPS) is 17.7. The lowest BCUT2D eigenvalue weighted by Gasteiger charge is -2.34. The number of anilines is 1. The van der Waals surface area contributed by atoms with Crippen LogP contribution in [0.1, 0.15) is 39.9 Å². The van der Waals surface area contributed by atoms with Crippen LogP contribution in [0.5, 0.6) is 0 Å². The van der Waals surface area contributed by atoms with Crippen LogP contribution in [0.2, 0.25) is 0 Å². The Hall–Kier alpha value is -2.07. The molecule has 0 aliphatic carbocycles. The SMILES string of the molecule is CNC1CCN(C(=O)c2cc(C)oc2C)c2ccccc21. The van der Waals surface area contributed by atoms with E-state index in [-0.39, 0.29) is 5.91 Å². The van der Waals surface area contributed by atoms with Crippen LogP contribution in [-0.4, -0.2) is 19.5 Å². The lowest BCUT2D eigenvalue weighted by molar-refractivity contribution is 0.0982. The summed E-state index contributed by atoms with van der Waals surface area (Å²) in [6.07, 6.45) is 0.912. The minimum Gasteiger partial charge on any atom is -0.466 e. The van der Waals surface area contributed by atoms with Gasteiger partial charge < -0.3 is 14.6 Å². The second-order valence-electron chi connectivity index (χ2n) is 5.47. The second kappa shape index (κ2) is 5.37. The Morgan fingerprint density at radius 2 is 2.10 bits per heavy atom. The summed E-state index contributed by atoms with van der Waals surface area (Å²) in [6, 6.07) is 10.2. The number of fused-ring (bicyclic) bond motifs is 1. The van der Waals surface area contributed by atoms with Crippen molar-refractivity contribution in [3.8, 4) is 0 Å². The summed E-state index contributed by atoms with van der Waals surface area (Å²) in [5.74, 6) is 1.48. The van der Waals surface area contributed by atoms with E-state index < -0.39 is 0 Å². The molecule has 2 aromatic rings. The Morgan fingerprint density at radius 3 is 2.76 bits per heavy atom. The largest absolute Gasteiger partial charge is 0.466 e. The first-order chi connectivity index (χ1) is 10.1. The van der Waals surface area contributed by atoms with Crippen LogP contribution in [0.25, 0.3) is 0 Å². The van der Waals surface area contributed by atoms with Crippen LogP contribution >= 0.6 is 0 Å². The monoisotopic (exact) mass is 284 g/mol.